The Labute approximate surface area is 107 Å². The lowest BCUT2D eigenvalue weighted by Crippen LogP contribution is -2.69. The molecule has 0 spiro atoms. The standard InChI is InChI=1S/C10H14N2O4S2/c1-3-17(13,14)9(7-11)5-6-10(9,8-12)18(15,16)4-2/h3-6H2,1-2H3/t9-,10-/m1/s1. The largest absolute Gasteiger partial charge is 0.227 e. The number of hydrogen-bond donors (Lipinski definition) is 0. The average Bonchev–Trinajstić information content (AvgIpc) is 2.29. The van der Waals surface area contributed by atoms with Crippen LogP contribution in [-0.4, -0.2) is 37.8 Å². The molecule has 8 heteroatoms. The Morgan fingerprint density at radius 3 is 1.28 bits per heavy atom. The molecule has 0 amide bonds. The molecule has 0 saturated heterocycles. The second kappa shape index (κ2) is 4.22. The van der Waals surface area contributed by atoms with Crippen molar-refractivity contribution in [1.82, 2.24) is 0 Å². The van der Waals surface area contributed by atoms with Crippen LogP contribution in [0.5, 0.6) is 0 Å². The van der Waals surface area contributed by atoms with E-state index in [-0.39, 0.29) is 24.3 Å². The second-order valence-electron chi connectivity index (χ2n) is 4.18. The Hall–Kier alpha value is -1.12. The monoisotopic (exact) mass is 290 g/mol. The van der Waals surface area contributed by atoms with Crippen molar-refractivity contribution < 1.29 is 16.8 Å². The molecule has 1 rings (SSSR count). The first-order valence-electron chi connectivity index (χ1n) is 5.47. The summed E-state index contributed by atoms with van der Waals surface area (Å²) in [4.78, 5) is 0. The van der Waals surface area contributed by atoms with Crippen molar-refractivity contribution in [2.45, 2.75) is 36.2 Å². The number of sulfone groups is 2. The fourth-order valence-corrected chi connectivity index (χ4v) is 6.47. The van der Waals surface area contributed by atoms with Gasteiger partial charge in [-0.1, -0.05) is 13.8 Å². The van der Waals surface area contributed by atoms with Crippen LogP contribution < -0.4 is 0 Å². The zero-order valence-electron chi connectivity index (χ0n) is 10.2. The molecule has 100 valence electrons. The minimum atomic E-state index is -3.95. The Kier molecular flexibility index (Phi) is 3.50. The molecule has 0 aromatic carbocycles. The van der Waals surface area contributed by atoms with E-state index in [0.717, 1.165) is 0 Å². The van der Waals surface area contributed by atoms with E-state index in [1.54, 1.807) is 12.1 Å². The van der Waals surface area contributed by atoms with Gasteiger partial charge < -0.3 is 0 Å². The summed E-state index contributed by atoms with van der Waals surface area (Å²) in [7, 11) is -7.90. The van der Waals surface area contributed by atoms with Gasteiger partial charge in [0.2, 0.25) is 0 Å². The molecular weight excluding hydrogens is 276 g/mol. The van der Waals surface area contributed by atoms with E-state index >= 15 is 0 Å². The summed E-state index contributed by atoms with van der Waals surface area (Å²) in [6.45, 7) is 2.68. The second-order valence-corrected chi connectivity index (χ2v) is 9.19. The lowest BCUT2D eigenvalue weighted by atomic mass is 9.73. The van der Waals surface area contributed by atoms with Crippen molar-refractivity contribution in [3.63, 3.8) is 0 Å². The zero-order valence-corrected chi connectivity index (χ0v) is 11.8. The van der Waals surface area contributed by atoms with E-state index in [0.29, 0.717) is 0 Å². The third kappa shape index (κ3) is 1.42. The number of rotatable bonds is 4. The van der Waals surface area contributed by atoms with E-state index in [2.05, 4.69) is 0 Å². The van der Waals surface area contributed by atoms with Crippen LogP contribution in [0, 0.1) is 22.7 Å². The minimum absolute atomic E-state index is 0.105. The van der Waals surface area contributed by atoms with Gasteiger partial charge in [0.15, 0.2) is 29.2 Å². The average molecular weight is 290 g/mol. The molecule has 6 nitrogen and oxygen atoms in total. The summed E-state index contributed by atoms with van der Waals surface area (Å²) in [6.07, 6.45) is -0.209. The molecular formula is C10H14N2O4S2. The van der Waals surface area contributed by atoms with Crippen LogP contribution in [0.25, 0.3) is 0 Å². The molecule has 1 aliphatic rings. The summed E-state index contributed by atoms with van der Waals surface area (Å²) in [5.74, 6) is -0.716. The summed E-state index contributed by atoms with van der Waals surface area (Å²) in [5.41, 5.74) is 0. The smallest absolute Gasteiger partial charge is 0.191 e. The van der Waals surface area contributed by atoms with E-state index in [4.69, 9.17) is 0 Å². The van der Waals surface area contributed by atoms with Gasteiger partial charge in [0.05, 0.1) is 12.1 Å². The molecule has 0 unspecified atom stereocenters. The highest BCUT2D eigenvalue weighted by atomic mass is 32.2. The van der Waals surface area contributed by atoms with Crippen molar-refractivity contribution in [2.24, 2.45) is 0 Å². The van der Waals surface area contributed by atoms with Crippen molar-refractivity contribution in [3.05, 3.63) is 0 Å². The maximum atomic E-state index is 12.0. The van der Waals surface area contributed by atoms with Gasteiger partial charge in [0, 0.05) is 11.5 Å². The fourth-order valence-electron chi connectivity index (χ4n) is 2.32. The molecule has 18 heavy (non-hydrogen) atoms. The first kappa shape index (κ1) is 14.9. The van der Waals surface area contributed by atoms with E-state index in [1.807, 2.05) is 0 Å². The maximum Gasteiger partial charge on any atom is 0.191 e. The third-order valence-electron chi connectivity index (χ3n) is 3.66. The quantitative estimate of drug-likeness (QED) is 0.729. The first-order chi connectivity index (χ1) is 8.20. The van der Waals surface area contributed by atoms with Crippen molar-refractivity contribution in [2.75, 3.05) is 11.5 Å². The molecule has 1 fully saturated rings. The molecule has 0 aromatic rings. The summed E-state index contributed by atoms with van der Waals surface area (Å²) in [6, 6.07) is 3.20. The van der Waals surface area contributed by atoms with E-state index < -0.39 is 29.2 Å². The van der Waals surface area contributed by atoms with Gasteiger partial charge in [-0.05, 0) is 12.8 Å². The minimum Gasteiger partial charge on any atom is -0.227 e. The van der Waals surface area contributed by atoms with Crippen LogP contribution in [0.3, 0.4) is 0 Å². The summed E-state index contributed by atoms with van der Waals surface area (Å²) in [5, 5.41) is 18.4. The molecule has 1 aliphatic carbocycles. The molecule has 0 heterocycles. The first-order valence-corrected chi connectivity index (χ1v) is 8.78. The van der Waals surface area contributed by atoms with Gasteiger partial charge >= 0.3 is 0 Å². The van der Waals surface area contributed by atoms with Crippen LogP contribution in [0.15, 0.2) is 0 Å². The predicted molar refractivity (Wildman–Crippen MR) is 64.8 cm³/mol. The Balaban J connectivity index is 3.64. The molecule has 1 saturated carbocycles. The van der Waals surface area contributed by atoms with Crippen molar-refractivity contribution in [1.29, 1.82) is 10.5 Å². The molecule has 0 bridgehead atoms. The van der Waals surface area contributed by atoms with Gasteiger partial charge in [0.25, 0.3) is 0 Å². The van der Waals surface area contributed by atoms with Crippen LogP contribution in [-0.2, 0) is 19.7 Å². The van der Waals surface area contributed by atoms with Gasteiger partial charge in [-0.25, -0.2) is 16.8 Å². The fraction of sp³-hybridized carbons (Fsp3) is 0.800. The van der Waals surface area contributed by atoms with Crippen molar-refractivity contribution >= 4 is 19.7 Å². The van der Waals surface area contributed by atoms with Crippen LogP contribution >= 0.6 is 0 Å². The zero-order chi connectivity index (χ0) is 14.2. The molecule has 0 N–H and O–H groups in total. The highest BCUT2D eigenvalue weighted by molar-refractivity contribution is 7.97. The van der Waals surface area contributed by atoms with Gasteiger partial charge in [-0.15, -0.1) is 0 Å². The summed E-state index contributed by atoms with van der Waals surface area (Å²) >= 11 is 0. The molecule has 0 radical (unpaired) electrons. The maximum absolute atomic E-state index is 12.0. The van der Waals surface area contributed by atoms with Crippen molar-refractivity contribution in [3.8, 4) is 12.1 Å². The summed E-state index contributed by atoms with van der Waals surface area (Å²) < 4.78 is 43.9. The van der Waals surface area contributed by atoms with Crippen LogP contribution in [0.4, 0.5) is 0 Å². The highest BCUT2D eigenvalue weighted by Crippen LogP contribution is 2.53. The lowest BCUT2D eigenvalue weighted by Gasteiger charge is -2.48. The Morgan fingerprint density at radius 1 is 0.889 bits per heavy atom. The molecule has 0 aromatic heterocycles. The van der Waals surface area contributed by atoms with Gasteiger partial charge in [-0.3, -0.25) is 0 Å². The number of nitriles is 2. The van der Waals surface area contributed by atoms with Gasteiger partial charge in [0.1, 0.15) is 0 Å². The van der Waals surface area contributed by atoms with E-state index in [9.17, 15) is 27.4 Å². The van der Waals surface area contributed by atoms with Gasteiger partial charge in [-0.2, -0.15) is 10.5 Å². The Morgan fingerprint density at radius 2 is 1.17 bits per heavy atom. The molecule has 2 atom stereocenters. The highest BCUT2D eigenvalue weighted by Gasteiger charge is 2.73. The normalized spacial score (nSPS) is 32.0. The number of nitrogens with zero attached hydrogens (tertiary/aromatic N) is 2. The third-order valence-corrected chi connectivity index (χ3v) is 8.73. The van der Waals surface area contributed by atoms with Crippen LogP contribution in [0.1, 0.15) is 26.7 Å². The molecule has 0 aliphatic heterocycles. The van der Waals surface area contributed by atoms with E-state index in [1.165, 1.54) is 13.8 Å². The predicted octanol–water partition coefficient (Wildman–Crippen LogP) is 0.174. The lowest BCUT2D eigenvalue weighted by molar-refractivity contribution is 0.338. The van der Waals surface area contributed by atoms with Crippen LogP contribution in [0.2, 0.25) is 0 Å². The SMILES string of the molecule is CCS(=O)(=O)[C@@]1(C#N)CC[C@]1(C#N)S(=O)(=O)CC. The number of hydrogen-bond acceptors (Lipinski definition) is 6. The Bertz CT molecular complexity index is 580. The topological polar surface area (TPSA) is 116 Å².